The maximum Gasteiger partial charge on any atom is 0.252 e. The fourth-order valence-electron chi connectivity index (χ4n) is 12.5. The quantitative estimate of drug-likeness (QED) is 0.0810. The van der Waals surface area contributed by atoms with Gasteiger partial charge in [0.2, 0.25) is 0 Å². The number of hydrogen-bond donors (Lipinski definition) is 0. The normalized spacial score (nSPS) is 15.9. The van der Waals surface area contributed by atoms with E-state index in [4.69, 9.17) is 0 Å². The molecule has 0 aromatic heterocycles. The van der Waals surface area contributed by atoms with Gasteiger partial charge in [-0.1, -0.05) is 230 Å². The smallest absolute Gasteiger partial charge is 0.252 e. The van der Waals surface area contributed by atoms with E-state index in [0.717, 1.165) is 63.7 Å². The molecule has 78 heavy (non-hydrogen) atoms. The largest absolute Gasteiger partial charge is 0.311 e. The van der Waals surface area contributed by atoms with Crippen LogP contribution in [0, 0.1) is 5.41 Å². The van der Waals surface area contributed by atoms with Crippen molar-refractivity contribution in [2.45, 2.75) is 125 Å². The van der Waals surface area contributed by atoms with Crippen molar-refractivity contribution in [3.8, 4) is 0 Å². The molecule has 0 amide bonds. The number of rotatable bonds is 9. The maximum absolute atomic E-state index is 4.48. The molecule has 11 rings (SSSR count). The second-order valence-electron chi connectivity index (χ2n) is 26.6. The minimum absolute atomic E-state index is 0.0296. The molecule has 8 aromatic carbocycles. The standard InChI is InChI=1S/C74H78BN3/c1-15-52(70(2,3)4)44-59(50-29-20-16-21-30-50)69(51-31-22-17-23-32-51)78-65-49-61-60(73(11,12)41-42-74(61,13)14)48-63(65)75-62-40-39-54(72(8,9)10)45-64(62)77(57-38-28-33-53(43-57)71(5,6)7)66-46-58(47-67(78)68(66)75)76(55-34-24-18-25-35-55)56-36-26-19-27-37-56/h15-40,43-49H,1,41-42H2,2-14H3/b52-44+,69-59-. The van der Waals surface area contributed by atoms with Crippen LogP contribution in [0.4, 0.5) is 45.5 Å². The second-order valence-corrected chi connectivity index (χ2v) is 26.6. The summed E-state index contributed by atoms with van der Waals surface area (Å²) in [7, 11) is 0. The van der Waals surface area contributed by atoms with E-state index in [9.17, 15) is 0 Å². The van der Waals surface area contributed by atoms with Crippen LogP contribution >= 0.6 is 0 Å². The van der Waals surface area contributed by atoms with E-state index in [1.807, 2.05) is 0 Å². The van der Waals surface area contributed by atoms with E-state index in [2.05, 4.69) is 311 Å². The van der Waals surface area contributed by atoms with Crippen LogP contribution in [0.3, 0.4) is 0 Å². The van der Waals surface area contributed by atoms with Crippen molar-refractivity contribution in [1.29, 1.82) is 0 Å². The second kappa shape index (κ2) is 19.4. The van der Waals surface area contributed by atoms with E-state index in [1.54, 1.807) is 0 Å². The average molecular weight is 1020 g/mol. The van der Waals surface area contributed by atoms with Crippen LogP contribution in [0.5, 0.6) is 0 Å². The Balaban J connectivity index is 1.39. The van der Waals surface area contributed by atoms with Crippen molar-refractivity contribution in [2.24, 2.45) is 5.41 Å². The lowest BCUT2D eigenvalue weighted by Crippen LogP contribution is -2.62. The lowest BCUT2D eigenvalue weighted by Gasteiger charge is -2.48. The molecule has 0 unspecified atom stereocenters. The van der Waals surface area contributed by atoms with Gasteiger partial charge in [0.05, 0.1) is 11.4 Å². The molecular formula is C74H78BN3. The monoisotopic (exact) mass is 1020 g/mol. The number of allylic oxidation sites excluding steroid dienone is 4. The summed E-state index contributed by atoms with van der Waals surface area (Å²) in [6.07, 6.45) is 6.74. The fraction of sp³-hybridized carbons (Fsp3) is 0.270. The number of benzene rings is 8. The first-order valence-corrected chi connectivity index (χ1v) is 28.4. The van der Waals surface area contributed by atoms with Crippen LogP contribution in [0.2, 0.25) is 0 Å². The van der Waals surface area contributed by atoms with Crippen molar-refractivity contribution in [1.82, 2.24) is 0 Å². The number of nitrogens with zero attached hydrogens (tertiary/aromatic N) is 3. The van der Waals surface area contributed by atoms with Crippen LogP contribution in [0.1, 0.15) is 136 Å². The van der Waals surface area contributed by atoms with Crippen molar-refractivity contribution >= 4 is 79.9 Å². The van der Waals surface area contributed by atoms with Crippen molar-refractivity contribution < 1.29 is 0 Å². The predicted octanol–water partition coefficient (Wildman–Crippen LogP) is 18.6. The predicted molar refractivity (Wildman–Crippen MR) is 339 cm³/mol. The molecule has 2 heterocycles. The first-order chi connectivity index (χ1) is 37.0. The van der Waals surface area contributed by atoms with Gasteiger partial charge in [-0.2, -0.15) is 0 Å². The molecule has 0 atom stereocenters. The lowest BCUT2D eigenvalue weighted by atomic mass is 9.33. The Labute approximate surface area is 467 Å². The summed E-state index contributed by atoms with van der Waals surface area (Å²) in [6, 6.07) is 71.3. The van der Waals surface area contributed by atoms with Gasteiger partial charge in [-0.05, 0) is 162 Å². The van der Waals surface area contributed by atoms with Crippen LogP contribution in [-0.4, -0.2) is 6.71 Å². The van der Waals surface area contributed by atoms with Crippen molar-refractivity contribution in [3.63, 3.8) is 0 Å². The Kier molecular flexibility index (Phi) is 13.1. The topological polar surface area (TPSA) is 9.72 Å². The molecule has 0 fully saturated rings. The molecule has 0 spiro atoms. The third-order valence-corrected chi connectivity index (χ3v) is 17.1. The first kappa shape index (κ1) is 52.5. The molecule has 3 nitrogen and oxygen atoms in total. The minimum Gasteiger partial charge on any atom is -0.311 e. The summed E-state index contributed by atoms with van der Waals surface area (Å²) in [5.74, 6) is 0. The van der Waals surface area contributed by atoms with Gasteiger partial charge in [-0.25, -0.2) is 0 Å². The highest BCUT2D eigenvalue weighted by molar-refractivity contribution is 7.00. The highest BCUT2D eigenvalue weighted by Crippen LogP contribution is 2.53. The summed E-state index contributed by atoms with van der Waals surface area (Å²) in [6.45, 7) is 35.2. The van der Waals surface area contributed by atoms with Gasteiger partial charge in [0.25, 0.3) is 6.71 Å². The Morgan fingerprint density at radius 3 is 1.58 bits per heavy atom. The van der Waals surface area contributed by atoms with Crippen LogP contribution in [0.15, 0.2) is 212 Å². The van der Waals surface area contributed by atoms with Crippen molar-refractivity contribution in [2.75, 3.05) is 14.7 Å². The molecule has 4 heteroatoms. The van der Waals surface area contributed by atoms with E-state index in [0.29, 0.717) is 0 Å². The summed E-state index contributed by atoms with van der Waals surface area (Å²) >= 11 is 0. The van der Waals surface area contributed by atoms with Crippen LogP contribution in [0.25, 0.3) is 11.3 Å². The van der Waals surface area contributed by atoms with Gasteiger partial charge in [0, 0.05) is 45.4 Å². The number of hydrogen-bond acceptors (Lipinski definition) is 3. The highest BCUT2D eigenvalue weighted by Gasteiger charge is 2.48. The van der Waals surface area contributed by atoms with Gasteiger partial charge >= 0.3 is 0 Å². The van der Waals surface area contributed by atoms with E-state index < -0.39 is 0 Å². The Morgan fingerprint density at radius 1 is 0.500 bits per heavy atom. The van der Waals surface area contributed by atoms with E-state index in [-0.39, 0.29) is 33.8 Å². The van der Waals surface area contributed by atoms with Crippen LogP contribution < -0.4 is 31.1 Å². The molecule has 2 aliphatic heterocycles. The zero-order valence-corrected chi connectivity index (χ0v) is 48.6. The van der Waals surface area contributed by atoms with Crippen molar-refractivity contribution in [3.05, 3.63) is 246 Å². The number of fused-ring (bicyclic) bond motifs is 5. The van der Waals surface area contributed by atoms with Gasteiger partial charge < -0.3 is 14.7 Å². The lowest BCUT2D eigenvalue weighted by molar-refractivity contribution is 0.332. The van der Waals surface area contributed by atoms with Gasteiger partial charge in [-0.3, -0.25) is 0 Å². The Bertz CT molecular complexity index is 3600. The number of para-hydroxylation sites is 2. The molecule has 0 bridgehead atoms. The fourth-order valence-corrected chi connectivity index (χ4v) is 12.5. The van der Waals surface area contributed by atoms with Crippen LogP contribution in [-0.2, 0) is 21.7 Å². The van der Waals surface area contributed by atoms with E-state index in [1.165, 1.54) is 61.3 Å². The highest BCUT2D eigenvalue weighted by atomic mass is 15.2. The Morgan fingerprint density at radius 2 is 1.03 bits per heavy atom. The first-order valence-electron chi connectivity index (χ1n) is 28.4. The van der Waals surface area contributed by atoms with E-state index >= 15 is 0 Å². The molecule has 3 aliphatic rings. The molecule has 8 aromatic rings. The molecule has 0 radical (unpaired) electrons. The van der Waals surface area contributed by atoms with Gasteiger partial charge in [0.1, 0.15) is 0 Å². The molecule has 392 valence electrons. The Hall–Kier alpha value is -7.56. The van der Waals surface area contributed by atoms with Gasteiger partial charge in [0.15, 0.2) is 0 Å². The third kappa shape index (κ3) is 9.35. The molecule has 0 saturated carbocycles. The summed E-state index contributed by atoms with van der Waals surface area (Å²) in [5, 5.41) is 0. The zero-order valence-electron chi connectivity index (χ0n) is 48.6. The molecule has 0 saturated heterocycles. The van der Waals surface area contributed by atoms with Gasteiger partial charge in [-0.15, -0.1) is 0 Å². The number of anilines is 8. The molecule has 0 N–H and O–H groups in total. The molecule has 1 aliphatic carbocycles. The zero-order chi connectivity index (χ0) is 55.1. The summed E-state index contributed by atoms with van der Waals surface area (Å²) < 4.78 is 0. The minimum atomic E-state index is -0.189. The maximum atomic E-state index is 4.48. The average Bonchev–Trinajstić information content (AvgIpc) is 2.76. The summed E-state index contributed by atoms with van der Waals surface area (Å²) in [4.78, 5) is 7.79. The third-order valence-electron chi connectivity index (χ3n) is 17.1. The SMILES string of the molecule is C=C/C(=C\C(=C(/c1ccccc1)N1c2cc3c(cc2B2c4ccc(C(C)(C)C)cc4N(c4cccc(C(C)(C)C)c4)c4cc(N(c5ccccc5)c5ccccc5)cc1c42)C(C)(C)CCC3(C)C)c1ccccc1)C(C)(C)C. The summed E-state index contributed by atoms with van der Waals surface area (Å²) in [5.41, 5.74) is 23.9. The molecular weight excluding hydrogens is 942 g/mol.